The Balaban J connectivity index is 1.80. The summed E-state index contributed by atoms with van der Waals surface area (Å²) in [6.45, 7) is 2.26. The van der Waals surface area contributed by atoms with Gasteiger partial charge in [-0.2, -0.15) is 0 Å². The zero-order valence-electron chi connectivity index (χ0n) is 20.1. The molecule has 37 heavy (non-hydrogen) atoms. The Morgan fingerprint density at radius 3 is 2.70 bits per heavy atom. The number of hydrogen-bond acceptors (Lipinski definition) is 7. The number of aromatic nitrogens is 3. The molecule has 4 aromatic rings. The third-order valence-electron chi connectivity index (χ3n) is 6.60. The monoisotopic (exact) mass is 511 g/mol. The number of halogens is 3. The van der Waals surface area contributed by atoms with E-state index in [9.17, 15) is 23.1 Å². The summed E-state index contributed by atoms with van der Waals surface area (Å²) < 4.78 is 48.3. The van der Waals surface area contributed by atoms with E-state index in [0.29, 0.717) is 29.9 Å². The number of carbonyl (C=O) groups is 1. The van der Waals surface area contributed by atoms with Crippen LogP contribution >= 0.6 is 0 Å². The van der Waals surface area contributed by atoms with Gasteiger partial charge in [0.05, 0.1) is 41.2 Å². The lowest BCUT2D eigenvalue weighted by Gasteiger charge is -2.37. The van der Waals surface area contributed by atoms with Crippen LogP contribution in [0.4, 0.5) is 18.9 Å². The van der Waals surface area contributed by atoms with Crippen LogP contribution in [0.25, 0.3) is 33.5 Å². The Morgan fingerprint density at radius 2 is 1.97 bits per heavy atom. The van der Waals surface area contributed by atoms with Crippen molar-refractivity contribution in [2.24, 2.45) is 5.73 Å². The number of aryl methyl sites for hydroxylation is 1. The van der Waals surface area contributed by atoms with Crippen molar-refractivity contribution in [3.63, 3.8) is 0 Å². The Kier molecular flexibility index (Phi) is 6.34. The van der Waals surface area contributed by atoms with Crippen LogP contribution in [0.1, 0.15) is 22.5 Å². The van der Waals surface area contributed by atoms with Crippen molar-refractivity contribution in [2.75, 3.05) is 25.1 Å². The van der Waals surface area contributed by atoms with Gasteiger partial charge in [-0.25, -0.2) is 22.9 Å². The van der Waals surface area contributed by atoms with E-state index >= 15 is 0 Å². The number of nitrogens with zero attached hydrogens (tertiary/aromatic N) is 3. The van der Waals surface area contributed by atoms with Crippen LogP contribution in [0.3, 0.4) is 0 Å². The average Bonchev–Trinajstić information content (AvgIpc) is 3.29. The van der Waals surface area contributed by atoms with E-state index in [0.717, 1.165) is 24.3 Å². The first-order valence-corrected chi connectivity index (χ1v) is 11.6. The van der Waals surface area contributed by atoms with E-state index in [2.05, 4.69) is 15.0 Å². The van der Waals surface area contributed by atoms with Gasteiger partial charge in [-0.05, 0) is 43.7 Å². The van der Waals surface area contributed by atoms with Crippen molar-refractivity contribution in [1.29, 1.82) is 0 Å². The molecule has 0 unspecified atom stereocenters. The summed E-state index contributed by atoms with van der Waals surface area (Å²) in [5.74, 6) is -2.49. The molecule has 11 heteroatoms. The quantitative estimate of drug-likeness (QED) is 0.358. The van der Waals surface area contributed by atoms with E-state index < -0.39 is 35.6 Å². The number of ether oxygens (including phenoxy) is 1. The first-order valence-electron chi connectivity index (χ1n) is 11.6. The zero-order chi connectivity index (χ0) is 26.4. The molecule has 0 radical (unpaired) electrons. The number of aliphatic hydroxyl groups is 1. The summed E-state index contributed by atoms with van der Waals surface area (Å²) in [6, 6.07) is 4.92. The molecule has 5 rings (SSSR count). The molecule has 1 saturated heterocycles. The Bertz CT molecular complexity index is 1520. The second-order valence-electron chi connectivity index (χ2n) is 9.00. The first kappa shape index (κ1) is 24.7. The van der Waals surface area contributed by atoms with Crippen molar-refractivity contribution in [3.05, 3.63) is 65.2 Å². The molecule has 0 aliphatic carbocycles. The molecule has 2 atom stereocenters. The molecule has 0 bridgehead atoms. The fourth-order valence-corrected chi connectivity index (χ4v) is 4.73. The predicted molar refractivity (Wildman–Crippen MR) is 132 cm³/mol. The van der Waals surface area contributed by atoms with Crippen LogP contribution in [0.15, 0.2) is 36.5 Å². The number of carbonyl (C=O) groups excluding carboxylic acids is 1. The molecule has 1 aliphatic heterocycles. The summed E-state index contributed by atoms with van der Waals surface area (Å²) in [7, 11) is 1.18. The van der Waals surface area contributed by atoms with Gasteiger partial charge in [0.25, 0.3) is 0 Å². The summed E-state index contributed by atoms with van der Waals surface area (Å²) >= 11 is 0. The van der Waals surface area contributed by atoms with Crippen LogP contribution in [0.5, 0.6) is 0 Å². The Hall–Kier alpha value is -3.96. The molecule has 8 nitrogen and oxygen atoms in total. The Morgan fingerprint density at radius 1 is 1.19 bits per heavy atom. The van der Waals surface area contributed by atoms with Gasteiger partial charge in [-0.3, -0.25) is 4.98 Å². The van der Waals surface area contributed by atoms with Gasteiger partial charge < -0.3 is 25.5 Å². The van der Waals surface area contributed by atoms with Crippen molar-refractivity contribution in [2.45, 2.75) is 25.5 Å². The molecule has 0 amide bonds. The summed E-state index contributed by atoms with van der Waals surface area (Å²) in [6.07, 6.45) is 1.02. The summed E-state index contributed by atoms with van der Waals surface area (Å²) in [4.78, 5) is 26.2. The molecule has 3 heterocycles. The number of nitrogens with one attached hydrogen (secondary N) is 1. The number of nitrogens with two attached hydrogens (primary N) is 1. The fraction of sp³-hybridized carbons (Fsp3) is 0.269. The maximum Gasteiger partial charge on any atom is 0.340 e. The number of esters is 1. The number of aromatic amines is 1. The number of imidazole rings is 1. The van der Waals surface area contributed by atoms with Crippen LogP contribution in [-0.2, 0) is 4.74 Å². The number of piperidine rings is 1. The highest BCUT2D eigenvalue weighted by molar-refractivity contribution is 6.03. The third kappa shape index (κ3) is 4.40. The van der Waals surface area contributed by atoms with Crippen molar-refractivity contribution in [3.8, 4) is 22.5 Å². The fourth-order valence-electron chi connectivity index (χ4n) is 4.73. The number of rotatable bonds is 4. The van der Waals surface area contributed by atoms with E-state index in [1.54, 1.807) is 6.92 Å². The lowest BCUT2D eigenvalue weighted by atomic mass is 9.95. The van der Waals surface area contributed by atoms with E-state index in [1.807, 2.05) is 4.90 Å². The molecular weight excluding hydrogens is 487 g/mol. The highest BCUT2D eigenvalue weighted by atomic mass is 19.1. The number of benzene rings is 2. The second kappa shape index (κ2) is 9.49. The van der Waals surface area contributed by atoms with Crippen LogP contribution in [0.2, 0.25) is 0 Å². The van der Waals surface area contributed by atoms with Gasteiger partial charge in [-0.1, -0.05) is 0 Å². The molecule has 2 aromatic carbocycles. The van der Waals surface area contributed by atoms with Gasteiger partial charge in [0.15, 0.2) is 0 Å². The third-order valence-corrected chi connectivity index (χ3v) is 6.60. The number of H-pyrrole nitrogens is 1. The SMILES string of the molecule is COC(=O)c1cc(F)cc2[nH]c(-c3c(C)ncc(-c4cc(F)ccc4F)c3N3CC[C@@H](N)[C@@H](O)C3)nc12. The number of methoxy groups -OCH3 is 1. The smallest absolute Gasteiger partial charge is 0.340 e. The Labute approximate surface area is 209 Å². The number of β-amino-alcohol motifs (C(OH)–C–C–N with tert-alkyl or cyclic N) is 1. The van der Waals surface area contributed by atoms with Gasteiger partial charge in [0.2, 0.25) is 0 Å². The highest BCUT2D eigenvalue weighted by Gasteiger charge is 2.31. The van der Waals surface area contributed by atoms with E-state index in [-0.39, 0.29) is 40.1 Å². The topological polar surface area (TPSA) is 117 Å². The molecule has 0 spiro atoms. The lowest BCUT2D eigenvalue weighted by Crippen LogP contribution is -2.51. The number of fused-ring (bicyclic) bond motifs is 1. The van der Waals surface area contributed by atoms with Crippen molar-refractivity contribution >= 4 is 22.7 Å². The van der Waals surface area contributed by atoms with Crippen molar-refractivity contribution in [1.82, 2.24) is 15.0 Å². The minimum absolute atomic E-state index is 0.0227. The summed E-state index contributed by atoms with van der Waals surface area (Å²) in [5, 5.41) is 10.5. The van der Waals surface area contributed by atoms with E-state index in [1.165, 1.54) is 19.4 Å². The number of hydrogen-bond donors (Lipinski definition) is 3. The largest absolute Gasteiger partial charge is 0.465 e. The van der Waals surface area contributed by atoms with E-state index in [4.69, 9.17) is 10.5 Å². The van der Waals surface area contributed by atoms with Crippen molar-refractivity contribution < 1.29 is 27.8 Å². The lowest BCUT2D eigenvalue weighted by molar-refractivity contribution is 0.0602. The normalized spacial score (nSPS) is 17.9. The second-order valence-corrected chi connectivity index (χ2v) is 9.00. The highest BCUT2D eigenvalue weighted by Crippen LogP contribution is 2.42. The van der Waals surface area contributed by atoms with Gasteiger partial charge in [0.1, 0.15) is 28.8 Å². The summed E-state index contributed by atoms with van der Waals surface area (Å²) in [5.41, 5.74) is 7.98. The van der Waals surface area contributed by atoms with Crippen LogP contribution < -0.4 is 10.6 Å². The van der Waals surface area contributed by atoms with Gasteiger partial charge in [-0.15, -0.1) is 0 Å². The number of aliphatic hydroxyl groups excluding tert-OH is 1. The standard InChI is InChI=1S/C26H24F3N5O3/c1-12-22(25-32-20-9-14(28)8-16(23(20)33-25)26(36)37-2)24(34-6-5-19(30)21(35)11-34)17(10-31-12)15-7-13(27)3-4-18(15)29/h3-4,7-10,19,21,35H,5-6,11,30H2,1-2H3,(H,32,33)/t19-,21+/m1/s1. The van der Waals surface area contributed by atoms with Gasteiger partial charge in [0, 0.05) is 36.5 Å². The first-order chi connectivity index (χ1) is 17.7. The molecule has 1 fully saturated rings. The van der Waals surface area contributed by atoms with Crippen LogP contribution in [-0.4, -0.2) is 58.4 Å². The minimum atomic E-state index is -0.865. The maximum absolute atomic E-state index is 15.0. The molecular formula is C26H24F3N5O3. The number of anilines is 1. The minimum Gasteiger partial charge on any atom is -0.465 e. The predicted octanol–water partition coefficient (Wildman–Crippen LogP) is 3.70. The van der Waals surface area contributed by atoms with Gasteiger partial charge >= 0.3 is 5.97 Å². The molecule has 192 valence electrons. The van der Waals surface area contributed by atoms with Crippen LogP contribution in [0, 0.1) is 24.4 Å². The molecule has 2 aromatic heterocycles. The molecule has 1 aliphatic rings. The maximum atomic E-state index is 15.0. The molecule has 4 N–H and O–H groups in total. The molecule has 0 saturated carbocycles. The zero-order valence-corrected chi connectivity index (χ0v) is 20.1. The number of pyridine rings is 1. The average molecular weight is 512 g/mol.